The Bertz CT molecular complexity index is 3370. The summed E-state index contributed by atoms with van der Waals surface area (Å²) < 4.78 is 5.14. The molecule has 0 spiro atoms. The number of thiophene rings is 2. The van der Waals surface area contributed by atoms with Gasteiger partial charge in [0, 0.05) is 63.1 Å². The van der Waals surface area contributed by atoms with E-state index in [1.165, 1.54) is 62.6 Å². The normalized spacial score (nSPS) is 11.4. The maximum absolute atomic E-state index is 2.44. The van der Waals surface area contributed by atoms with E-state index < -0.39 is 0 Å². The number of anilines is 6. The summed E-state index contributed by atoms with van der Waals surface area (Å²) in [7, 11) is 0. The molecule has 0 atom stereocenters. The minimum absolute atomic E-state index is 1.10. The van der Waals surface area contributed by atoms with Gasteiger partial charge < -0.3 is 9.80 Å². The third kappa shape index (κ3) is 6.81. The summed E-state index contributed by atoms with van der Waals surface area (Å²) in [5.41, 5.74) is 13.8. The highest BCUT2D eigenvalue weighted by molar-refractivity contribution is 7.26. The average molecular weight is 853 g/mol. The van der Waals surface area contributed by atoms with Crippen molar-refractivity contribution in [2.24, 2.45) is 0 Å². The van der Waals surface area contributed by atoms with Crippen molar-refractivity contribution in [1.29, 1.82) is 0 Å². The first-order chi connectivity index (χ1) is 31.7. The molecule has 0 unspecified atom stereocenters. The van der Waals surface area contributed by atoms with Crippen LogP contribution in [0.25, 0.3) is 73.7 Å². The number of hydrogen-bond acceptors (Lipinski definition) is 4. The van der Waals surface area contributed by atoms with Crippen LogP contribution in [0.3, 0.4) is 0 Å². The lowest BCUT2D eigenvalue weighted by Gasteiger charge is -2.28. The van der Waals surface area contributed by atoms with Crippen molar-refractivity contribution < 1.29 is 0 Å². The maximum Gasteiger partial charge on any atom is 0.0554 e. The molecule has 0 aliphatic rings. The Morgan fingerprint density at radius 2 is 0.578 bits per heavy atom. The van der Waals surface area contributed by atoms with Crippen molar-refractivity contribution in [2.75, 3.05) is 9.80 Å². The van der Waals surface area contributed by atoms with Gasteiger partial charge in [0.15, 0.2) is 0 Å². The summed E-state index contributed by atoms with van der Waals surface area (Å²) in [5, 5.41) is 5.09. The Balaban J connectivity index is 1.00. The quantitative estimate of drug-likeness (QED) is 0.143. The van der Waals surface area contributed by atoms with Crippen molar-refractivity contribution in [1.82, 2.24) is 0 Å². The molecule has 0 fully saturated rings. The third-order valence-corrected chi connectivity index (χ3v) is 14.5. The van der Waals surface area contributed by atoms with E-state index in [0.717, 1.165) is 45.3 Å². The summed E-state index contributed by atoms with van der Waals surface area (Å²) >= 11 is 3.71. The second kappa shape index (κ2) is 16.2. The summed E-state index contributed by atoms with van der Waals surface area (Å²) in [5.74, 6) is 0. The number of hydrogen-bond donors (Lipinski definition) is 0. The van der Waals surface area contributed by atoms with E-state index in [2.05, 4.69) is 252 Å². The highest BCUT2D eigenvalue weighted by Crippen LogP contribution is 2.48. The van der Waals surface area contributed by atoms with Gasteiger partial charge in [-0.1, -0.05) is 158 Å². The van der Waals surface area contributed by atoms with Crippen molar-refractivity contribution in [3.63, 3.8) is 0 Å². The van der Waals surface area contributed by atoms with Gasteiger partial charge in [-0.15, -0.1) is 22.7 Å². The van der Waals surface area contributed by atoms with Crippen LogP contribution in [0.2, 0.25) is 0 Å². The number of nitrogens with zero attached hydrogens (tertiary/aromatic N) is 2. The van der Waals surface area contributed by atoms with Gasteiger partial charge in [-0.05, 0) is 118 Å². The molecule has 4 heteroatoms. The predicted molar refractivity (Wildman–Crippen MR) is 278 cm³/mol. The zero-order chi connectivity index (χ0) is 42.4. The maximum atomic E-state index is 2.44. The van der Waals surface area contributed by atoms with Crippen LogP contribution >= 0.6 is 22.7 Å². The number of fused-ring (bicyclic) bond motifs is 6. The Morgan fingerprint density at radius 1 is 0.234 bits per heavy atom. The van der Waals surface area contributed by atoms with Crippen LogP contribution in [0.5, 0.6) is 0 Å². The molecule has 2 nitrogen and oxygen atoms in total. The molecule has 64 heavy (non-hydrogen) atoms. The van der Waals surface area contributed by atoms with E-state index >= 15 is 0 Å². The molecular weight excluding hydrogens is 813 g/mol. The van der Waals surface area contributed by atoms with Gasteiger partial charge in [-0.25, -0.2) is 0 Å². The van der Waals surface area contributed by atoms with E-state index in [-0.39, 0.29) is 0 Å². The molecule has 0 saturated carbocycles. The molecule has 302 valence electrons. The van der Waals surface area contributed by atoms with Crippen LogP contribution in [0, 0.1) is 0 Å². The van der Waals surface area contributed by atoms with Gasteiger partial charge in [0.2, 0.25) is 0 Å². The second-order valence-electron chi connectivity index (χ2n) is 16.1. The lowest BCUT2D eigenvalue weighted by molar-refractivity contribution is 1.29. The van der Waals surface area contributed by atoms with Gasteiger partial charge in [-0.2, -0.15) is 0 Å². The van der Waals surface area contributed by atoms with E-state index in [0.29, 0.717) is 0 Å². The molecule has 0 aliphatic carbocycles. The molecule has 0 N–H and O–H groups in total. The standard InChI is InChI=1S/C60H40N2S2/c1-3-15-41(16-4-1)43-31-35-47(36-32-43)61(53-25-13-29-57-59(53)51-23-7-9-27-55(51)63-57)49-21-11-19-45(39-49)46-20-12-22-50(40-46)62(48-37-33-44(34-38-48)42-17-5-2-6-18-42)54-26-14-30-58-60(54)52-24-8-10-28-56(52)64-58/h1-40H. The lowest BCUT2D eigenvalue weighted by Crippen LogP contribution is -2.11. The largest absolute Gasteiger partial charge is 0.310 e. The molecular formula is C60H40N2S2. The fourth-order valence-electron chi connectivity index (χ4n) is 9.26. The van der Waals surface area contributed by atoms with Gasteiger partial charge in [0.1, 0.15) is 0 Å². The van der Waals surface area contributed by atoms with Gasteiger partial charge in [0.25, 0.3) is 0 Å². The van der Waals surface area contributed by atoms with E-state index in [1.54, 1.807) is 0 Å². The molecule has 12 rings (SSSR count). The highest BCUT2D eigenvalue weighted by Gasteiger charge is 2.21. The third-order valence-electron chi connectivity index (χ3n) is 12.3. The summed E-state index contributed by atoms with van der Waals surface area (Å²) in [6.07, 6.45) is 0. The minimum atomic E-state index is 1.10. The van der Waals surface area contributed by atoms with Crippen LogP contribution in [0.4, 0.5) is 34.1 Å². The molecule has 0 aliphatic heterocycles. The van der Waals surface area contributed by atoms with Gasteiger partial charge >= 0.3 is 0 Å². The molecule has 10 aromatic carbocycles. The molecule has 0 bridgehead atoms. The Morgan fingerprint density at radius 3 is 1.02 bits per heavy atom. The number of benzene rings is 10. The minimum Gasteiger partial charge on any atom is -0.310 e. The van der Waals surface area contributed by atoms with Crippen LogP contribution in [0.15, 0.2) is 243 Å². The smallest absolute Gasteiger partial charge is 0.0554 e. The number of rotatable bonds is 9. The zero-order valence-corrected chi connectivity index (χ0v) is 36.4. The van der Waals surface area contributed by atoms with Crippen LogP contribution in [-0.2, 0) is 0 Å². The Kier molecular flexibility index (Phi) is 9.59. The molecule has 2 heterocycles. The topological polar surface area (TPSA) is 6.48 Å². The highest BCUT2D eigenvalue weighted by atomic mass is 32.1. The summed E-state index contributed by atoms with van der Waals surface area (Å²) in [6.45, 7) is 0. The lowest BCUT2D eigenvalue weighted by atomic mass is 10.0. The first-order valence-corrected chi connectivity index (χ1v) is 23.3. The first kappa shape index (κ1) is 38.0. The SMILES string of the molecule is c1ccc(-c2ccc(N(c3cccc(-c4cccc(N(c5ccc(-c6ccccc6)cc5)c5cccc6sc7ccccc7c56)c4)c3)c3cccc4sc5ccccc5c34)cc2)cc1. The Labute approximate surface area is 380 Å². The molecule has 2 aromatic heterocycles. The first-order valence-electron chi connectivity index (χ1n) is 21.7. The van der Waals surface area contributed by atoms with Crippen LogP contribution in [0.1, 0.15) is 0 Å². The van der Waals surface area contributed by atoms with Crippen molar-refractivity contribution in [2.45, 2.75) is 0 Å². The monoisotopic (exact) mass is 852 g/mol. The van der Waals surface area contributed by atoms with Crippen molar-refractivity contribution in [3.05, 3.63) is 243 Å². The second-order valence-corrected chi connectivity index (χ2v) is 18.3. The molecule has 12 aromatic rings. The van der Waals surface area contributed by atoms with E-state index in [4.69, 9.17) is 0 Å². The fourth-order valence-corrected chi connectivity index (χ4v) is 11.5. The summed E-state index contributed by atoms with van der Waals surface area (Å²) in [6, 6.07) is 88.4. The van der Waals surface area contributed by atoms with Crippen molar-refractivity contribution >= 4 is 97.1 Å². The van der Waals surface area contributed by atoms with Crippen LogP contribution < -0.4 is 9.80 Å². The van der Waals surface area contributed by atoms with E-state index in [9.17, 15) is 0 Å². The summed E-state index contributed by atoms with van der Waals surface area (Å²) in [4.78, 5) is 4.87. The van der Waals surface area contributed by atoms with E-state index in [1.807, 2.05) is 22.7 Å². The van der Waals surface area contributed by atoms with Gasteiger partial charge in [-0.3, -0.25) is 0 Å². The van der Waals surface area contributed by atoms with Crippen LogP contribution in [-0.4, -0.2) is 0 Å². The molecule has 0 radical (unpaired) electrons. The predicted octanol–water partition coefficient (Wildman–Crippen LogP) is 18.4. The van der Waals surface area contributed by atoms with Crippen molar-refractivity contribution in [3.8, 4) is 33.4 Å². The zero-order valence-electron chi connectivity index (χ0n) is 34.8. The fraction of sp³-hybridized carbons (Fsp3) is 0. The Hall–Kier alpha value is -7.76. The average Bonchev–Trinajstić information content (AvgIpc) is 3.95. The van der Waals surface area contributed by atoms with Gasteiger partial charge in [0.05, 0.1) is 11.4 Å². The molecule has 0 amide bonds. The molecule has 0 saturated heterocycles.